The molecule has 0 amide bonds. The Morgan fingerprint density at radius 2 is 1.44 bits per heavy atom. The number of hydrogen-bond donors (Lipinski definition) is 1. The molecule has 0 atom stereocenters. The Morgan fingerprint density at radius 1 is 1.00 bits per heavy atom. The maximum atomic E-state index is 11.8. The average Bonchev–Trinajstić information content (AvgIpc) is 3.06. The smallest absolute Gasteiger partial charge is 0.215 e. The fraction of sp³-hybridized carbons (Fsp3) is 0.318. The monoisotopic (exact) mass is 367 g/mol. The fourth-order valence-corrected chi connectivity index (χ4v) is 3.07. The molecule has 0 unspecified atom stereocenters. The normalized spacial score (nSPS) is 15.7. The molecule has 0 aliphatic carbocycles. The maximum Gasteiger partial charge on any atom is 0.215 e. The van der Waals surface area contributed by atoms with Crippen LogP contribution in [0.5, 0.6) is 11.5 Å². The SMILES string of the molecule is C=C(C1=NC(C)(C)CO1)C(O)(c1ccc(OC)cc1)c1ccc(OC)cc1. The summed E-state index contributed by atoms with van der Waals surface area (Å²) < 4.78 is 16.2. The van der Waals surface area contributed by atoms with Crippen LogP contribution < -0.4 is 9.47 Å². The van der Waals surface area contributed by atoms with Crippen molar-refractivity contribution in [2.45, 2.75) is 25.0 Å². The van der Waals surface area contributed by atoms with Crippen molar-refractivity contribution in [1.29, 1.82) is 0 Å². The van der Waals surface area contributed by atoms with Crippen LogP contribution in [0, 0.1) is 0 Å². The molecule has 0 saturated heterocycles. The van der Waals surface area contributed by atoms with E-state index in [0.29, 0.717) is 40.7 Å². The van der Waals surface area contributed by atoms with Crippen molar-refractivity contribution < 1.29 is 19.3 Å². The third kappa shape index (κ3) is 3.55. The summed E-state index contributed by atoms with van der Waals surface area (Å²) in [5.41, 5.74) is -0.163. The number of rotatable bonds is 6. The number of hydrogen-bond acceptors (Lipinski definition) is 5. The van der Waals surface area contributed by atoms with Gasteiger partial charge in [0.15, 0.2) is 0 Å². The first-order valence-electron chi connectivity index (χ1n) is 8.74. The van der Waals surface area contributed by atoms with Crippen LogP contribution in [0.2, 0.25) is 0 Å². The van der Waals surface area contributed by atoms with E-state index in [1.807, 2.05) is 38.1 Å². The third-order valence-corrected chi connectivity index (χ3v) is 4.68. The number of nitrogens with zero attached hydrogens (tertiary/aromatic N) is 1. The molecule has 142 valence electrons. The topological polar surface area (TPSA) is 60.3 Å². The Balaban J connectivity index is 2.11. The van der Waals surface area contributed by atoms with E-state index in [1.54, 1.807) is 38.5 Å². The number of ether oxygens (including phenoxy) is 3. The van der Waals surface area contributed by atoms with Gasteiger partial charge >= 0.3 is 0 Å². The van der Waals surface area contributed by atoms with Gasteiger partial charge < -0.3 is 19.3 Å². The van der Waals surface area contributed by atoms with Crippen LogP contribution >= 0.6 is 0 Å². The van der Waals surface area contributed by atoms with Gasteiger partial charge in [0.25, 0.3) is 0 Å². The number of aliphatic imine (C=N–C) groups is 1. The van der Waals surface area contributed by atoms with Gasteiger partial charge in [0, 0.05) is 5.57 Å². The summed E-state index contributed by atoms with van der Waals surface area (Å²) in [6, 6.07) is 14.5. The minimum absolute atomic E-state index is 0.348. The summed E-state index contributed by atoms with van der Waals surface area (Å²) in [6.07, 6.45) is 0. The first-order valence-corrected chi connectivity index (χ1v) is 8.74. The van der Waals surface area contributed by atoms with Gasteiger partial charge in [-0.1, -0.05) is 30.8 Å². The molecule has 0 aromatic heterocycles. The predicted molar refractivity (Wildman–Crippen MR) is 106 cm³/mol. The first kappa shape index (κ1) is 19.0. The van der Waals surface area contributed by atoms with Gasteiger partial charge in [0.05, 0.1) is 19.8 Å². The van der Waals surface area contributed by atoms with E-state index in [1.165, 1.54) is 0 Å². The lowest BCUT2D eigenvalue weighted by atomic mass is 9.80. The molecule has 1 aliphatic heterocycles. The first-order chi connectivity index (χ1) is 12.8. The van der Waals surface area contributed by atoms with Crippen LogP contribution in [0.1, 0.15) is 25.0 Å². The van der Waals surface area contributed by atoms with Crippen molar-refractivity contribution in [3.63, 3.8) is 0 Å². The molecule has 2 aromatic rings. The lowest BCUT2D eigenvalue weighted by Crippen LogP contribution is -2.33. The van der Waals surface area contributed by atoms with Gasteiger partial charge in [-0.2, -0.15) is 0 Å². The zero-order valence-corrected chi connectivity index (χ0v) is 16.2. The highest BCUT2D eigenvalue weighted by atomic mass is 16.5. The number of methoxy groups -OCH3 is 2. The van der Waals surface area contributed by atoms with Crippen molar-refractivity contribution in [3.8, 4) is 11.5 Å². The molecule has 0 radical (unpaired) electrons. The van der Waals surface area contributed by atoms with E-state index < -0.39 is 5.60 Å². The third-order valence-electron chi connectivity index (χ3n) is 4.68. The highest BCUT2D eigenvalue weighted by molar-refractivity contribution is 5.97. The Hall–Kier alpha value is -2.79. The highest BCUT2D eigenvalue weighted by Crippen LogP contribution is 2.39. The number of aliphatic hydroxyl groups is 1. The van der Waals surface area contributed by atoms with Gasteiger partial charge in [-0.25, -0.2) is 4.99 Å². The quantitative estimate of drug-likeness (QED) is 0.846. The molecule has 2 aromatic carbocycles. The average molecular weight is 367 g/mol. The zero-order chi connectivity index (χ0) is 19.7. The molecule has 5 heteroatoms. The van der Waals surface area contributed by atoms with E-state index >= 15 is 0 Å². The fourth-order valence-electron chi connectivity index (χ4n) is 3.07. The highest BCUT2D eigenvalue weighted by Gasteiger charge is 2.41. The summed E-state index contributed by atoms with van der Waals surface area (Å²) in [5, 5.41) is 11.8. The van der Waals surface area contributed by atoms with Crippen molar-refractivity contribution >= 4 is 5.90 Å². The molecule has 1 aliphatic rings. The summed E-state index contributed by atoms with van der Waals surface area (Å²) >= 11 is 0. The lowest BCUT2D eigenvalue weighted by Gasteiger charge is -2.31. The molecule has 0 saturated carbocycles. The summed E-state index contributed by atoms with van der Waals surface area (Å²) in [5.74, 6) is 1.78. The van der Waals surface area contributed by atoms with Gasteiger partial charge in [-0.3, -0.25) is 0 Å². The van der Waals surface area contributed by atoms with Gasteiger partial charge in [0.2, 0.25) is 5.90 Å². The minimum Gasteiger partial charge on any atom is -0.497 e. The Bertz CT molecular complexity index is 803. The van der Waals surface area contributed by atoms with Crippen LogP contribution in [0.3, 0.4) is 0 Å². The second kappa shape index (κ2) is 7.08. The van der Waals surface area contributed by atoms with E-state index in [9.17, 15) is 5.11 Å². The maximum absolute atomic E-state index is 11.8. The molecular weight excluding hydrogens is 342 g/mol. The van der Waals surface area contributed by atoms with Crippen molar-refractivity contribution in [3.05, 3.63) is 71.8 Å². The zero-order valence-electron chi connectivity index (χ0n) is 16.2. The predicted octanol–water partition coefficient (Wildman–Crippen LogP) is 3.70. The van der Waals surface area contributed by atoms with E-state index in [-0.39, 0.29) is 5.54 Å². The van der Waals surface area contributed by atoms with Gasteiger partial charge in [-0.15, -0.1) is 0 Å². The van der Waals surface area contributed by atoms with E-state index in [2.05, 4.69) is 11.6 Å². The molecule has 1 heterocycles. The molecule has 0 spiro atoms. The van der Waals surface area contributed by atoms with Crippen LogP contribution in [-0.4, -0.2) is 37.4 Å². The van der Waals surface area contributed by atoms with Crippen molar-refractivity contribution in [1.82, 2.24) is 0 Å². The number of benzene rings is 2. The Morgan fingerprint density at radius 3 is 1.78 bits per heavy atom. The molecule has 5 nitrogen and oxygen atoms in total. The van der Waals surface area contributed by atoms with Crippen molar-refractivity contribution in [2.24, 2.45) is 4.99 Å². The lowest BCUT2D eigenvalue weighted by molar-refractivity contribution is 0.123. The van der Waals surface area contributed by atoms with Crippen LogP contribution in [-0.2, 0) is 10.3 Å². The molecule has 0 bridgehead atoms. The van der Waals surface area contributed by atoms with E-state index in [4.69, 9.17) is 14.2 Å². The summed E-state index contributed by atoms with van der Waals surface area (Å²) in [7, 11) is 3.21. The largest absolute Gasteiger partial charge is 0.497 e. The van der Waals surface area contributed by atoms with E-state index in [0.717, 1.165) is 0 Å². The van der Waals surface area contributed by atoms with Crippen LogP contribution in [0.15, 0.2) is 65.7 Å². The van der Waals surface area contributed by atoms with Crippen LogP contribution in [0.25, 0.3) is 0 Å². The second-order valence-electron chi connectivity index (χ2n) is 7.16. The molecular formula is C22H25NO4. The van der Waals surface area contributed by atoms with Crippen LogP contribution in [0.4, 0.5) is 0 Å². The van der Waals surface area contributed by atoms with Crippen molar-refractivity contribution in [2.75, 3.05) is 20.8 Å². The molecule has 1 N–H and O–H groups in total. The van der Waals surface area contributed by atoms with Gasteiger partial charge in [-0.05, 0) is 49.2 Å². The Kier molecular flexibility index (Phi) is 4.98. The summed E-state index contributed by atoms with van der Waals surface area (Å²) in [6.45, 7) is 8.55. The summed E-state index contributed by atoms with van der Waals surface area (Å²) in [4.78, 5) is 4.59. The standard InChI is InChI=1S/C22H25NO4/c1-15(20-23-21(2,3)14-27-20)22(24,16-6-10-18(25-4)11-7-16)17-8-12-19(26-5)13-9-17/h6-13,24H,1,14H2,2-5H3. The molecule has 0 fully saturated rings. The van der Waals surface area contributed by atoms with Gasteiger partial charge in [0.1, 0.15) is 23.7 Å². The Labute approximate surface area is 159 Å². The molecule has 27 heavy (non-hydrogen) atoms. The minimum atomic E-state index is -1.50. The second-order valence-corrected chi connectivity index (χ2v) is 7.16. The molecule has 3 rings (SSSR count).